The van der Waals surface area contributed by atoms with Crippen molar-refractivity contribution in [1.29, 1.82) is 0 Å². The summed E-state index contributed by atoms with van der Waals surface area (Å²) in [4.78, 5) is 23.3. The maximum atomic E-state index is 12.3. The molecule has 3 rings (SSSR count). The Kier molecular flexibility index (Phi) is 4.80. The van der Waals surface area contributed by atoms with Crippen LogP contribution < -0.4 is 5.32 Å². The number of nitrogens with one attached hydrogen (secondary N) is 1. The van der Waals surface area contributed by atoms with Gasteiger partial charge in [0, 0.05) is 24.0 Å². The third-order valence-corrected chi connectivity index (χ3v) is 4.79. The van der Waals surface area contributed by atoms with Crippen molar-refractivity contribution in [2.45, 2.75) is 26.3 Å². The first-order chi connectivity index (χ1) is 10.7. The van der Waals surface area contributed by atoms with E-state index in [0.717, 1.165) is 43.9 Å². The Hall–Kier alpha value is -1.79. The van der Waals surface area contributed by atoms with E-state index in [0.29, 0.717) is 5.13 Å². The van der Waals surface area contributed by atoms with Crippen LogP contribution in [0.25, 0.3) is 0 Å². The number of pyridine rings is 1. The number of hydrogen-bond donors (Lipinski definition) is 1. The van der Waals surface area contributed by atoms with Crippen LogP contribution in [0.1, 0.15) is 24.2 Å². The molecular weight excluding hydrogens is 296 g/mol. The van der Waals surface area contributed by atoms with E-state index in [-0.39, 0.29) is 11.8 Å². The number of nitrogens with zero attached hydrogens (tertiary/aromatic N) is 3. The first kappa shape index (κ1) is 15.1. The number of amides is 1. The number of hydrogen-bond acceptors (Lipinski definition) is 5. The van der Waals surface area contributed by atoms with Crippen molar-refractivity contribution in [3.05, 3.63) is 41.2 Å². The summed E-state index contributed by atoms with van der Waals surface area (Å²) in [5.74, 6) is 0.191. The molecule has 0 atom stereocenters. The monoisotopic (exact) mass is 316 g/mol. The molecule has 0 aliphatic carbocycles. The topological polar surface area (TPSA) is 58.1 Å². The van der Waals surface area contributed by atoms with Crippen molar-refractivity contribution in [1.82, 2.24) is 14.9 Å². The quantitative estimate of drug-likeness (QED) is 0.942. The Bertz CT molecular complexity index is 620. The zero-order valence-electron chi connectivity index (χ0n) is 12.7. The maximum absolute atomic E-state index is 12.3. The molecule has 1 fully saturated rings. The zero-order valence-corrected chi connectivity index (χ0v) is 13.5. The summed E-state index contributed by atoms with van der Waals surface area (Å²) in [7, 11) is 0. The van der Waals surface area contributed by atoms with Crippen LogP contribution in [0.3, 0.4) is 0 Å². The average Bonchev–Trinajstić information content (AvgIpc) is 2.94. The van der Waals surface area contributed by atoms with Crippen LogP contribution >= 0.6 is 11.3 Å². The average molecular weight is 316 g/mol. The number of piperidine rings is 1. The smallest absolute Gasteiger partial charge is 0.229 e. The SMILES string of the molecule is Cc1csc(NC(=O)C2CCN(Cc3ccccn3)CC2)n1. The van der Waals surface area contributed by atoms with Crippen LogP contribution in [0.15, 0.2) is 29.8 Å². The van der Waals surface area contributed by atoms with Gasteiger partial charge in [-0.15, -0.1) is 11.3 Å². The van der Waals surface area contributed by atoms with Crippen molar-refractivity contribution >= 4 is 22.4 Å². The second-order valence-corrected chi connectivity index (χ2v) is 6.51. The molecule has 116 valence electrons. The van der Waals surface area contributed by atoms with Crippen molar-refractivity contribution < 1.29 is 4.79 Å². The van der Waals surface area contributed by atoms with Crippen LogP contribution in [0, 0.1) is 12.8 Å². The Labute approximate surface area is 134 Å². The molecule has 6 heteroatoms. The molecule has 1 aliphatic rings. The standard InChI is InChI=1S/C16H20N4OS/c1-12-11-22-16(18-12)19-15(21)13-5-8-20(9-6-13)10-14-4-2-3-7-17-14/h2-4,7,11,13H,5-6,8-10H2,1H3,(H,18,19,21). The number of carbonyl (C=O) groups excluding carboxylic acids is 1. The molecular formula is C16H20N4OS. The van der Waals surface area contributed by atoms with Crippen LogP contribution in [0.5, 0.6) is 0 Å². The van der Waals surface area contributed by atoms with E-state index < -0.39 is 0 Å². The molecule has 1 amide bonds. The fourth-order valence-corrected chi connectivity index (χ4v) is 3.38. The molecule has 1 aliphatic heterocycles. The van der Waals surface area contributed by atoms with Gasteiger partial charge in [-0.05, 0) is 45.0 Å². The molecule has 0 spiro atoms. The second kappa shape index (κ2) is 6.98. The second-order valence-electron chi connectivity index (χ2n) is 5.65. The minimum Gasteiger partial charge on any atom is -0.302 e. The Morgan fingerprint density at radius 3 is 2.86 bits per heavy atom. The summed E-state index contributed by atoms with van der Waals surface area (Å²) in [5, 5.41) is 5.59. The van der Waals surface area contributed by atoms with E-state index in [1.807, 2.05) is 36.7 Å². The normalized spacial score (nSPS) is 16.6. The van der Waals surface area contributed by atoms with Crippen LogP contribution in [-0.2, 0) is 11.3 Å². The molecule has 0 radical (unpaired) electrons. The van der Waals surface area contributed by atoms with Crippen molar-refractivity contribution in [2.75, 3.05) is 18.4 Å². The predicted octanol–water partition coefficient (Wildman–Crippen LogP) is 2.70. The maximum Gasteiger partial charge on any atom is 0.229 e. The minimum absolute atomic E-state index is 0.0872. The van der Waals surface area contributed by atoms with E-state index in [2.05, 4.69) is 20.2 Å². The van der Waals surface area contributed by atoms with Gasteiger partial charge >= 0.3 is 0 Å². The largest absolute Gasteiger partial charge is 0.302 e. The molecule has 1 saturated heterocycles. The molecule has 2 aromatic heterocycles. The molecule has 2 aromatic rings. The molecule has 0 aromatic carbocycles. The van der Waals surface area contributed by atoms with Crippen LogP contribution in [0.2, 0.25) is 0 Å². The van der Waals surface area contributed by atoms with Gasteiger partial charge in [-0.25, -0.2) is 4.98 Å². The minimum atomic E-state index is 0.0872. The molecule has 1 N–H and O–H groups in total. The molecule has 22 heavy (non-hydrogen) atoms. The van der Waals surface area contributed by atoms with E-state index in [9.17, 15) is 4.79 Å². The van der Waals surface area contributed by atoms with E-state index in [1.165, 1.54) is 11.3 Å². The lowest BCUT2D eigenvalue weighted by molar-refractivity contribution is -0.121. The zero-order chi connectivity index (χ0) is 15.4. The third kappa shape index (κ3) is 3.90. The van der Waals surface area contributed by atoms with Gasteiger partial charge in [0.1, 0.15) is 0 Å². The number of likely N-dealkylation sites (tertiary alicyclic amines) is 1. The summed E-state index contributed by atoms with van der Waals surface area (Å²) < 4.78 is 0. The van der Waals surface area contributed by atoms with Gasteiger partial charge in [0.05, 0.1) is 11.4 Å². The number of aryl methyl sites for hydroxylation is 1. The van der Waals surface area contributed by atoms with Crippen molar-refractivity contribution in [3.63, 3.8) is 0 Å². The number of anilines is 1. The molecule has 3 heterocycles. The Morgan fingerprint density at radius 1 is 1.41 bits per heavy atom. The van der Waals surface area contributed by atoms with Gasteiger partial charge in [-0.3, -0.25) is 14.7 Å². The summed E-state index contributed by atoms with van der Waals surface area (Å²) >= 11 is 1.48. The van der Waals surface area contributed by atoms with Gasteiger partial charge in [0.2, 0.25) is 5.91 Å². The fraction of sp³-hybridized carbons (Fsp3) is 0.438. The lowest BCUT2D eigenvalue weighted by Gasteiger charge is -2.30. The number of aromatic nitrogens is 2. The fourth-order valence-electron chi connectivity index (χ4n) is 2.69. The summed E-state index contributed by atoms with van der Waals surface area (Å²) in [6.45, 7) is 4.67. The predicted molar refractivity (Wildman–Crippen MR) is 87.7 cm³/mol. The van der Waals surface area contributed by atoms with E-state index >= 15 is 0 Å². The van der Waals surface area contributed by atoms with Crippen LogP contribution in [0.4, 0.5) is 5.13 Å². The summed E-state index contributed by atoms with van der Waals surface area (Å²) in [6.07, 6.45) is 3.61. The van der Waals surface area contributed by atoms with E-state index in [1.54, 1.807) is 0 Å². The first-order valence-electron chi connectivity index (χ1n) is 7.56. The van der Waals surface area contributed by atoms with Gasteiger partial charge in [0.25, 0.3) is 0 Å². The summed E-state index contributed by atoms with van der Waals surface area (Å²) in [5.41, 5.74) is 2.04. The van der Waals surface area contributed by atoms with Gasteiger partial charge < -0.3 is 5.32 Å². The Morgan fingerprint density at radius 2 is 2.23 bits per heavy atom. The van der Waals surface area contributed by atoms with Gasteiger partial charge in [-0.1, -0.05) is 6.07 Å². The number of rotatable bonds is 4. The highest BCUT2D eigenvalue weighted by atomic mass is 32.1. The van der Waals surface area contributed by atoms with Crippen molar-refractivity contribution in [2.24, 2.45) is 5.92 Å². The lowest BCUT2D eigenvalue weighted by atomic mass is 9.96. The first-order valence-corrected chi connectivity index (χ1v) is 8.44. The Balaban J connectivity index is 1.48. The highest BCUT2D eigenvalue weighted by Gasteiger charge is 2.25. The molecule has 0 unspecified atom stereocenters. The van der Waals surface area contributed by atoms with Gasteiger partial charge in [-0.2, -0.15) is 0 Å². The van der Waals surface area contributed by atoms with Crippen molar-refractivity contribution in [3.8, 4) is 0 Å². The highest BCUT2D eigenvalue weighted by Crippen LogP contribution is 2.22. The lowest BCUT2D eigenvalue weighted by Crippen LogP contribution is -2.37. The number of carbonyl (C=O) groups is 1. The van der Waals surface area contributed by atoms with Crippen LogP contribution in [-0.4, -0.2) is 33.9 Å². The molecule has 0 bridgehead atoms. The number of thiazole rings is 1. The third-order valence-electron chi connectivity index (χ3n) is 3.92. The summed E-state index contributed by atoms with van der Waals surface area (Å²) in [6, 6.07) is 5.99. The van der Waals surface area contributed by atoms with Gasteiger partial charge in [0.15, 0.2) is 5.13 Å². The molecule has 5 nitrogen and oxygen atoms in total. The molecule has 0 saturated carbocycles. The highest BCUT2D eigenvalue weighted by molar-refractivity contribution is 7.13. The van der Waals surface area contributed by atoms with E-state index in [4.69, 9.17) is 0 Å².